The zero-order valence-electron chi connectivity index (χ0n) is 10.9. The van der Waals surface area contributed by atoms with Crippen molar-refractivity contribution in [1.82, 2.24) is 0 Å². The van der Waals surface area contributed by atoms with Gasteiger partial charge in [-0.15, -0.1) is 0 Å². The third-order valence-electron chi connectivity index (χ3n) is 3.18. The Bertz CT molecular complexity index is 606. The molecule has 0 bridgehead atoms. The van der Waals surface area contributed by atoms with Crippen LogP contribution >= 0.6 is 0 Å². The lowest BCUT2D eigenvalue weighted by Crippen LogP contribution is -2.26. The van der Waals surface area contributed by atoms with E-state index in [1.165, 1.54) is 0 Å². The van der Waals surface area contributed by atoms with E-state index in [-0.39, 0.29) is 12.2 Å². The first-order valence-corrected chi connectivity index (χ1v) is 5.94. The number of rotatable bonds is 3. The lowest BCUT2D eigenvalue weighted by atomic mass is 10.1. The standard InChI is InChI=1S/C12H11F3N2O4/c1-21-11(18)7-4-10(8(13)5-9(7)17(19)20)16-3-2-12(14,15)6-16/h4-5H,2-3,6H2,1H3. The molecule has 2 rings (SSSR count). The highest BCUT2D eigenvalue weighted by atomic mass is 19.3. The molecule has 0 spiro atoms. The quantitative estimate of drug-likeness (QED) is 0.487. The summed E-state index contributed by atoms with van der Waals surface area (Å²) in [5.41, 5.74) is -1.53. The van der Waals surface area contributed by atoms with Crippen molar-refractivity contribution in [2.45, 2.75) is 12.3 Å². The van der Waals surface area contributed by atoms with Crippen molar-refractivity contribution in [3.8, 4) is 0 Å². The highest BCUT2D eigenvalue weighted by molar-refractivity contribution is 5.95. The Kier molecular flexibility index (Phi) is 3.75. The van der Waals surface area contributed by atoms with Crippen LogP contribution in [0.2, 0.25) is 0 Å². The number of anilines is 1. The van der Waals surface area contributed by atoms with Gasteiger partial charge in [0.05, 0.1) is 30.3 Å². The van der Waals surface area contributed by atoms with Crippen molar-refractivity contribution < 1.29 is 27.6 Å². The van der Waals surface area contributed by atoms with Crippen LogP contribution in [0, 0.1) is 15.9 Å². The van der Waals surface area contributed by atoms with Crippen molar-refractivity contribution >= 4 is 17.3 Å². The minimum atomic E-state index is -2.96. The number of benzene rings is 1. The number of nitro benzene ring substituents is 1. The topological polar surface area (TPSA) is 72.7 Å². The Balaban J connectivity index is 2.48. The van der Waals surface area contributed by atoms with Gasteiger partial charge in [0.2, 0.25) is 0 Å². The predicted octanol–water partition coefficient (Wildman–Crippen LogP) is 2.37. The highest BCUT2D eigenvalue weighted by Gasteiger charge is 2.40. The second-order valence-corrected chi connectivity index (χ2v) is 4.60. The first kappa shape index (κ1) is 15.1. The summed E-state index contributed by atoms with van der Waals surface area (Å²) in [5, 5.41) is 10.8. The summed E-state index contributed by atoms with van der Waals surface area (Å²) < 4.78 is 44.7. The van der Waals surface area contributed by atoms with E-state index < -0.39 is 46.8 Å². The van der Waals surface area contributed by atoms with Gasteiger partial charge in [0.25, 0.3) is 11.6 Å². The molecule has 1 fully saturated rings. The van der Waals surface area contributed by atoms with Crippen LogP contribution in [0.3, 0.4) is 0 Å². The molecular weight excluding hydrogens is 293 g/mol. The van der Waals surface area contributed by atoms with Crippen LogP contribution in [0.1, 0.15) is 16.8 Å². The van der Waals surface area contributed by atoms with Crippen molar-refractivity contribution in [3.05, 3.63) is 33.6 Å². The summed E-state index contributed by atoms with van der Waals surface area (Å²) in [6.07, 6.45) is -0.447. The van der Waals surface area contributed by atoms with Crippen LogP contribution in [0.5, 0.6) is 0 Å². The summed E-state index contributed by atoms with van der Waals surface area (Å²) in [6.45, 7) is -0.815. The smallest absolute Gasteiger partial charge is 0.344 e. The zero-order chi connectivity index (χ0) is 15.8. The fraction of sp³-hybridized carbons (Fsp3) is 0.417. The summed E-state index contributed by atoms with van der Waals surface area (Å²) in [7, 11) is 1.01. The Hall–Kier alpha value is -2.32. The Morgan fingerprint density at radius 3 is 2.62 bits per heavy atom. The molecule has 21 heavy (non-hydrogen) atoms. The van der Waals surface area contributed by atoms with Crippen LogP contribution in [-0.2, 0) is 4.74 Å². The van der Waals surface area contributed by atoms with Crippen molar-refractivity contribution in [3.63, 3.8) is 0 Å². The molecule has 0 radical (unpaired) electrons. The normalized spacial score (nSPS) is 16.9. The molecule has 0 aliphatic carbocycles. The zero-order valence-corrected chi connectivity index (χ0v) is 10.9. The van der Waals surface area contributed by atoms with Gasteiger partial charge in [-0.1, -0.05) is 0 Å². The number of alkyl halides is 2. The molecule has 0 atom stereocenters. The minimum absolute atomic E-state index is 0.109. The molecule has 6 nitrogen and oxygen atoms in total. The minimum Gasteiger partial charge on any atom is -0.465 e. The molecule has 1 heterocycles. The molecule has 1 aromatic carbocycles. The van der Waals surface area contributed by atoms with Gasteiger partial charge in [-0.25, -0.2) is 18.0 Å². The summed E-state index contributed by atoms with van der Waals surface area (Å²) in [6, 6.07) is 1.42. The van der Waals surface area contributed by atoms with Gasteiger partial charge < -0.3 is 9.64 Å². The van der Waals surface area contributed by atoms with Crippen LogP contribution in [-0.4, -0.2) is 37.0 Å². The molecule has 0 saturated carbocycles. The molecule has 1 saturated heterocycles. The van der Waals surface area contributed by atoms with E-state index >= 15 is 0 Å². The summed E-state index contributed by atoms with van der Waals surface area (Å²) >= 11 is 0. The maximum Gasteiger partial charge on any atom is 0.344 e. The van der Waals surface area contributed by atoms with Gasteiger partial charge in [-0.3, -0.25) is 10.1 Å². The molecule has 1 aliphatic heterocycles. The van der Waals surface area contributed by atoms with E-state index in [9.17, 15) is 28.1 Å². The fourth-order valence-electron chi connectivity index (χ4n) is 2.16. The third-order valence-corrected chi connectivity index (χ3v) is 3.18. The third kappa shape index (κ3) is 2.91. The Labute approximate surface area is 117 Å². The molecular formula is C12H11F3N2O4. The number of hydrogen-bond acceptors (Lipinski definition) is 5. The molecule has 1 aromatic rings. The number of methoxy groups -OCH3 is 1. The van der Waals surface area contributed by atoms with E-state index in [1.807, 2.05) is 0 Å². The lowest BCUT2D eigenvalue weighted by molar-refractivity contribution is -0.385. The largest absolute Gasteiger partial charge is 0.465 e. The van der Waals surface area contributed by atoms with Gasteiger partial charge in [0, 0.05) is 13.0 Å². The second-order valence-electron chi connectivity index (χ2n) is 4.60. The van der Waals surface area contributed by atoms with Gasteiger partial charge in [-0.05, 0) is 6.07 Å². The van der Waals surface area contributed by atoms with E-state index in [2.05, 4.69) is 4.74 Å². The molecule has 0 aromatic heterocycles. The highest BCUT2D eigenvalue weighted by Crippen LogP contribution is 2.35. The van der Waals surface area contributed by atoms with Crippen LogP contribution < -0.4 is 4.90 Å². The van der Waals surface area contributed by atoms with E-state index in [0.29, 0.717) is 6.07 Å². The number of ether oxygens (including phenoxy) is 1. The number of halogens is 3. The van der Waals surface area contributed by atoms with E-state index in [0.717, 1.165) is 18.1 Å². The first-order valence-electron chi connectivity index (χ1n) is 5.94. The number of carbonyl (C=O) groups is 1. The Morgan fingerprint density at radius 2 is 2.14 bits per heavy atom. The fourth-order valence-corrected chi connectivity index (χ4v) is 2.16. The average molecular weight is 304 g/mol. The second kappa shape index (κ2) is 5.23. The molecule has 0 N–H and O–H groups in total. The molecule has 0 unspecified atom stereocenters. The van der Waals surface area contributed by atoms with Crippen molar-refractivity contribution in [2.75, 3.05) is 25.1 Å². The lowest BCUT2D eigenvalue weighted by Gasteiger charge is -2.19. The first-order chi connectivity index (χ1) is 9.75. The predicted molar refractivity (Wildman–Crippen MR) is 66.2 cm³/mol. The van der Waals surface area contributed by atoms with Gasteiger partial charge in [0.15, 0.2) is 5.82 Å². The molecule has 1 aliphatic rings. The van der Waals surface area contributed by atoms with E-state index in [4.69, 9.17) is 0 Å². The molecule has 114 valence electrons. The van der Waals surface area contributed by atoms with Crippen LogP contribution in [0.25, 0.3) is 0 Å². The Morgan fingerprint density at radius 1 is 1.48 bits per heavy atom. The van der Waals surface area contributed by atoms with Crippen LogP contribution in [0.4, 0.5) is 24.5 Å². The van der Waals surface area contributed by atoms with E-state index in [1.54, 1.807) is 0 Å². The molecule has 0 amide bonds. The average Bonchev–Trinajstić information content (AvgIpc) is 2.77. The number of nitro groups is 1. The van der Waals surface area contributed by atoms with Gasteiger partial charge in [-0.2, -0.15) is 0 Å². The SMILES string of the molecule is COC(=O)c1cc(N2CCC(F)(F)C2)c(F)cc1[N+](=O)[O-]. The van der Waals surface area contributed by atoms with Gasteiger partial charge >= 0.3 is 5.97 Å². The summed E-state index contributed by atoms with van der Waals surface area (Å²) in [5.74, 6) is -5.03. The summed E-state index contributed by atoms with van der Waals surface area (Å²) in [4.78, 5) is 22.5. The monoisotopic (exact) mass is 304 g/mol. The van der Waals surface area contributed by atoms with Crippen molar-refractivity contribution in [2.24, 2.45) is 0 Å². The van der Waals surface area contributed by atoms with Crippen LogP contribution in [0.15, 0.2) is 12.1 Å². The maximum atomic E-state index is 13.9. The number of esters is 1. The van der Waals surface area contributed by atoms with Gasteiger partial charge in [0.1, 0.15) is 5.56 Å². The number of hydrogen-bond donors (Lipinski definition) is 0. The number of carbonyl (C=O) groups excluding carboxylic acids is 1. The molecule has 9 heteroatoms. The van der Waals surface area contributed by atoms with Crippen molar-refractivity contribution in [1.29, 1.82) is 0 Å². The maximum absolute atomic E-state index is 13.9. The number of nitrogens with zero attached hydrogens (tertiary/aromatic N) is 2.